The second-order valence-corrected chi connectivity index (χ2v) is 5.89. The van der Waals surface area contributed by atoms with E-state index in [1.54, 1.807) is 24.3 Å². The minimum absolute atomic E-state index is 0.252. The number of nitriles is 1. The number of alkyl halides is 4. The lowest BCUT2D eigenvalue weighted by atomic mass is 10.1. The Balaban J connectivity index is 1.81. The Kier molecular flexibility index (Phi) is 6.15. The lowest BCUT2D eigenvalue weighted by Gasteiger charge is -2.36. The Morgan fingerprint density at radius 1 is 1.08 bits per heavy atom. The highest BCUT2D eigenvalue weighted by atomic mass is 19.3. The first-order valence-electron chi connectivity index (χ1n) is 7.60. The molecule has 0 radical (unpaired) electrons. The molecule has 0 saturated carbocycles. The standard InChI is InChI=1S/C16H19F4N3O/c17-15(18)16(19,20)11-23-7-5-22(6-8-23)10-14(24)13-3-1-12(9-21)2-4-13/h1-4,14-15,24H,5-8,10-11H2. The van der Waals surface area contributed by atoms with Crippen LogP contribution in [0.15, 0.2) is 24.3 Å². The SMILES string of the molecule is N#Cc1ccc(C(O)CN2CCN(CC(F)(F)C(F)F)CC2)cc1. The van der Waals surface area contributed by atoms with Crippen molar-refractivity contribution < 1.29 is 22.7 Å². The first-order valence-corrected chi connectivity index (χ1v) is 7.60. The maximum atomic E-state index is 13.1. The van der Waals surface area contributed by atoms with E-state index in [0.717, 1.165) is 0 Å². The van der Waals surface area contributed by atoms with Gasteiger partial charge in [-0.3, -0.25) is 9.80 Å². The van der Waals surface area contributed by atoms with Crippen LogP contribution in [0, 0.1) is 11.3 Å². The van der Waals surface area contributed by atoms with Gasteiger partial charge in [0.05, 0.1) is 24.3 Å². The molecular weight excluding hydrogens is 326 g/mol. The fraction of sp³-hybridized carbons (Fsp3) is 0.562. The Labute approximate surface area is 137 Å². The molecule has 0 aliphatic carbocycles. The van der Waals surface area contributed by atoms with E-state index in [2.05, 4.69) is 0 Å². The van der Waals surface area contributed by atoms with E-state index in [0.29, 0.717) is 30.8 Å². The average Bonchev–Trinajstić information content (AvgIpc) is 2.56. The number of piperazine rings is 1. The van der Waals surface area contributed by atoms with Crippen molar-refractivity contribution in [3.8, 4) is 6.07 Å². The first kappa shape index (κ1) is 18.6. The van der Waals surface area contributed by atoms with E-state index in [4.69, 9.17) is 5.26 Å². The minimum Gasteiger partial charge on any atom is -0.387 e. The van der Waals surface area contributed by atoms with Crippen LogP contribution in [0.25, 0.3) is 0 Å². The maximum absolute atomic E-state index is 13.1. The average molecular weight is 345 g/mol. The first-order chi connectivity index (χ1) is 11.3. The molecule has 8 heteroatoms. The summed E-state index contributed by atoms with van der Waals surface area (Å²) in [6.07, 6.45) is -4.42. The molecule has 0 bridgehead atoms. The highest BCUT2D eigenvalue weighted by Crippen LogP contribution is 2.24. The number of β-amino-alcohol motifs (C(OH)–C–C–N with tert-alkyl or cyclic N) is 1. The molecule has 0 amide bonds. The number of benzene rings is 1. The van der Waals surface area contributed by atoms with Gasteiger partial charge in [-0.25, -0.2) is 8.78 Å². The quantitative estimate of drug-likeness (QED) is 0.803. The molecule has 1 aromatic carbocycles. The Bertz CT molecular complexity index is 566. The van der Waals surface area contributed by atoms with E-state index >= 15 is 0 Å². The highest BCUT2D eigenvalue weighted by Gasteiger charge is 2.42. The number of aliphatic hydroxyl groups is 1. The van der Waals surface area contributed by atoms with E-state index in [1.165, 1.54) is 4.90 Å². The van der Waals surface area contributed by atoms with Gasteiger partial charge in [-0.1, -0.05) is 12.1 Å². The van der Waals surface area contributed by atoms with Crippen molar-refractivity contribution in [3.63, 3.8) is 0 Å². The highest BCUT2D eigenvalue weighted by molar-refractivity contribution is 5.32. The van der Waals surface area contributed by atoms with Gasteiger partial charge in [-0.2, -0.15) is 14.0 Å². The van der Waals surface area contributed by atoms with Gasteiger partial charge >= 0.3 is 12.3 Å². The molecule has 1 heterocycles. The predicted molar refractivity (Wildman–Crippen MR) is 79.9 cm³/mol. The molecule has 0 aromatic heterocycles. The number of hydrogen-bond donors (Lipinski definition) is 1. The fourth-order valence-electron chi connectivity index (χ4n) is 2.63. The van der Waals surface area contributed by atoms with Gasteiger partial charge in [-0.05, 0) is 17.7 Å². The molecule has 0 spiro atoms. The molecule has 24 heavy (non-hydrogen) atoms. The van der Waals surface area contributed by atoms with E-state index in [1.807, 2.05) is 11.0 Å². The molecule has 1 unspecified atom stereocenters. The van der Waals surface area contributed by atoms with Gasteiger partial charge in [0.2, 0.25) is 0 Å². The molecule has 1 aromatic rings. The van der Waals surface area contributed by atoms with Gasteiger partial charge in [0.15, 0.2) is 0 Å². The zero-order valence-electron chi connectivity index (χ0n) is 13.0. The van der Waals surface area contributed by atoms with E-state index in [-0.39, 0.29) is 13.1 Å². The summed E-state index contributed by atoms with van der Waals surface area (Å²) in [5, 5.41) is 18.9. The summed E-state index contributed by atoms with van der Waals surface area (Å²) in [5.74, 6) is -4.00. The summed E-state index contributed by atoms with van der Waals surface area (Å²) in [6, 6.07) is 8.56. The second-order valence-electron chi connectivity index (χ2n) is 5.89. The van der Waals surface area contributed by atoms with Crippen LogP contribution in [0.1, 0.15) is 17.2 Å². The zero-order valence-corrected chi connectivity index (χ0v) is 13.0. The van der Waals surface area contributed by atoms with Crippen LogP contribution in [-0.2, 0) is 0 Å². The molecule has 132 valence electrons. The summed E-state index contributed by atoms with van der Waals surface area (Å²) < 4.78 is 50.5. The van der Waals surface area contributed by atoms with Gasteiger partial charge in [0.1, 0.15) is 0 Å². The van der Waals surface area contributed by atoms with Crippen molar-refractivity contribution in [2.75, 3.05) is 39.3 Å². The summed E-state index contributed by atoms with van der Waals surface area (Å²) in [6.45, 7) is 0.728. The molecule has 4 nitrogen and oxygen atoms in total. The Morgan fingerprint density at radius 2 is 1.62 bits per heavy atom. The van der Waals surface area contributed by atoms with Crippen LogP contribution in [0.3, 0.4) is 0 Å². The second kappa shape index (κ2) is 7.92. The van der Waals surface area contributed by atoms with Crippen molar-refractivity contribution in [2.45, 2.75) is 18.5 Å². The van der Waals surface area contributed by atoms with Gasteiger partial charge < -0.3 is 5.11 Å². The minimum atomic E-state index is -4.00. The molecule has 1 fully saturated rings. The monoisotopic (exact) mass is 345 g/mol. The number of aliphatic hydroxyl groups excluding tert-OH is 1. The normalized spacial score (nSPS) is 18.5. The van der Waals surface area contributed by atoms with E-state index in [9.17, 15) is 22.7 Å². The van der Waals surface area contributed by atoms with Gasteiger partial charge in [-0.15, -0.1) is 0 Å². The predicted octanol–water partition coefficient (Wildman–Crippen LogP) is 2.11. The smallest absolute Gasteiger partial charge is 0.319 e. The summed E-state index contributed by atoms with van der Waals surface area (Å²) in [5.41, 5.74) is 1.17. The largest absolute Gasteiger partial charge is 0.387 e. The third-order valence-electron chi connectivity index (χ3n) is 4.07. The molecule has 1 atom stereocenters. The molecule has 1 N–H and O–H groups in total. The fourth-order valence-corrected chi connectivity index (χ4v) is 2.63. The van der Waals surface area contributed by atoms with E-state index < -0.39 is 25.0 Å². The Hall–Kier alpha value is -1.69. The number of nitrogens with zero attached hydrogens (tertiary/aromatic N) is 3. The summed E-state index contributed by atoms with van der Waals surface area (Å²) >= 11 is 0. The van der Waals surface area contributed by atoms with Crippen LogP contribution in [0.2, 0.25) is 0 Å². The third kappa shape index (κ3) is 4.90. The topological polar surface area (TPSA) is 50.5 Å². The van der Waals surface area contributed by atoms with Crippen LogP contribution in [0.4, 0.5) is 17.6 Å². The van der Waals surface area contributed by atoms with Crippen LogP contribution in [-0.4, -0.2) is 66.5 Å². The summed E-state index contributed by atoms with van der Waals surface area (Å²) in [7, 11) is 0. The van der Waals surface area contributed by atoms with Crippen molar-refractivity contribution >= 4 is 0 Å². The molecule has 2 rings (SSSR count). The Morgan fingerprint density at radius 3 is 2.12 bits per heavy atom. The van der Waals surface area contributed by atoms with Crippen molar-refractivity contribution in [3.05, 3.63) is 35.4 Å². The molecular formula is C16H19F4N3O. The third-order valence-corrected chi connectivity index (χ3v) is 4.07. The summed E-state index contributed by atoms with van der Waals surface area (Å²) in [4.78, 5) is 3.22. The van der Waals surface area contributed by atoms with Crippen molar-refractivity contribution in [2.24, 2.45) is 0 Å². The number of hydrogen-bond acceptors (Lipinski definition) is 4. The molecule has 1 aliphatic rings. The molecule has 1 saturated heterocycles. The van der Waals surface area contributed by atoms with Crippen molar-refractivity contribution in [1.82, 2.24) is 9.80 Å². The lowest BCUT2D eigenvalue weighted by Crippen LogP contribution is -2.51. The number of rotatable bonds is 6. The zero-order chi connectivity index (χ0) is 17.7. The van der Waals surface area contributed by atoms with Crippen LogP contribution in [0.5, 0.6) is 0 Å². The number of halogens is 4. The van der Waals surface area contributed by atoms with Gasteiger partial charge in [0.25, 0.3) is 0 Å². The molecule has 1 aliphatic heterocycles. The van der Waals surface area contributed by atoms with Crippen molar-refractivity contribution in [1.29, 1.82) is 5.26 Å². The lowest BCUT2D eigenvalue weighted by molar-refractivity contribution is -0.145. The van der Waals surface area contributed by atoms with Crippen LogP contribution < -0.4 is 0 Å². The maximum Gasteiger partial charge on any atom is 0.319 e. The van der Waals surface area contributed by atoms with Crippen LogP contribution >= 0.6 is 0 Å². The van der Waals surface area contributed by atoms with Gasteiger partial charge in [0, 0.05) is 32.7 Å².